The molecule has 2 fully saturated rings. The molecule has 0 spiro atoms. The predicted octanol–water partition coefficient (Wildman–Crippen LogP) is 4.09. The highest BCUT2D eigenvalue weighted by Crippen LogP contribution is 2.23. The van der Waals surface area contributed by atoms with E-state index < -0.39 is 5.82 Å². The van der Waals surface area contributed by atoms with Crippen molar-refractivity contribution in [1.82, 2.24) is 9.80 Å². The van der Waals surface area contributed by atoms with E-state index >= 15 is 0 Å². The Hall–Kier alpha value is -1.42. The van der Waals surface area contributed by atoms with Crippen LogP contribution in [0.2, 0.25) is 0 Å². The van der Waals surface area contributed by atoms with Gasteiger partial charge in [-0.25, -0.2) is 4.39 Å². The fraction of sp³-hybridized carbons (Fsp3) is 0.650. The molecule has 3 rings (SSSR count). The third kappa shape index (κ3) is 4.35. The average molecular weight is 332 g/mol. The second-order valence-electron chi connectivity index (χ2n) is 7.17. The molecule has 2 saturated heterocycles. The second kappa shape index (κ2) is 8.61. The van der Waals surface area contributed by atoms with E-state index in [2.05, 4.69) is 4.90 Å². The van der Waals surface area contributed by atoms with E-state index in [0.717, 1.165) is 32.4 Å². The van der Waals surface area contributed by atoms with Crippen molar-refractivity contribution >= 4 is 5.91 Å². The lowest BCUT2D eigenvalue weighted by atomic mass is 9.97. The molecule has 132 valence electrons. The van der Waals surface area contributed by atoms with Crippen molar-refractivity contribution in [2.24, 2.45) is 0 Å². The Morgan fingerprint density at radius 2 is 1.71 bits per heavy atom. The molecule has 0 unspecified atom stereocenters. The highest BCUT2D eigenvalue weighted by molar-refractivity contribution is 5.94. The molecule has 1 aromatic carbocycles. The van der Waals surface area contributed by atoms with Crippen LogP contribution in [0.5, 0.6) is 0 Å². The van der Waals surface area contributed by atoms with Gasteiger partial charge < -0.3 is 9.80 Å². The van der Waals surface area contributed by atoms with Crippen LogP contribution in [0.3, 0.4) is 0 Å². The topological polar surface area (TPSA) is 23.6 Å². The van der Waals surface area contributed by atoms with Crippen LogP contribution in [0.15, 0.2) is 24.3 Å². The molecule has 24 heavy (non-hydrogen) atoms. The molecule has 1 amide bonds. The summed E-state index contributed by atoms with van der Waals surface area (Å²) < 4.78 is 14.0. The molecular weight excluding hydrogens is 303 g/mol. The summed E-state index contributed by atoms with van der Waals surface area (Å²) in [6.07, 6.45) is 9.54. The highest BCUT2D eigenvalue weighted by Gasteiger charge is 2.29. The fourth-order valence-corrected chi connectivity index (χ4v) is 4.05. The first-order valence-corrected chi connectivity index (χ1v) is 9.53. The maximum absolute atomic E-state index is 14.0. The van der Waals surface area contributed by atoms with Crippen LogP contribution in [-0.2, 0) is 0 Å². The van der Waals surface area contributed by atoms with Gasteiger partial charge in [-0.05, 0) is 63.7 Å². The molecule has 0 aromatic heterocycles. The lowest BCUT2D eigenvalue weighted by Crippen LogP contribution is -2.45. The Morgan fingerprint density at radius 3 is 2.46 bits per heavy atom. The molecule has 0 N–H and O–H groups in total. The van der Waals surface area contributed by atoms with Crippen LogP contribution >= 0.6 is 0 Å². The van der Waals surface area contributed by atoms with Crippen molar-refractivity contribution < 1.29 is 9.18 Å². The molecule has 0 radical (unpaired) electrons. The fourth-order valence-electron chi connectivity index (χ4n) is 4.05. The quantitative estimate of drug-likeness (QED) is 0.829. The molecule has 0 saturated carbocycles. The summed E-state index contributed by atoms with van der Waals surface area (Å²) in [4.78, 5) is 17.3. The summed E-state index contributed by atoms with van der Waals surface area (Å²) in [7, 11) is 0. The van der Waals surface area contributed by atoms with Crippen LogP contribution in [0, 0.1) is 5.82 Å². The van der Waals surface area contributed by atoms with Gasteiger partial charge in [0, 0.05) is 19.1 Å². The van der Waals surface area contributed by atoms with Gasteiger partial charge in [-0.3, -0.25) is 4.79 Å². The zero-order chi connectivity index (χ0) is 16.8. The number of rotatable bonds is 4. The lowest BCUT2D eigenvalue weighted by molar-refractivity contribution is 0.0579. The number of carbonyl (C=O) groups is 1. The van der Waals surface area contributed by atoms with Crippen LogP contribution in [0.25, 0.3) is 0 Å². The molecule has 4 heteroatoms. The lowest BCUT2D eigenvalue weighted by Gasteiger charge is -2.37. The minimum atomic E-state index is -0.403. The summed E-state index contributed by atoms with van der Waals surface area (Å²) in [5.74, 6) is -0.534. The highest BCUT2D eigenvalue weighted by atomic mass is 19.1. The SMILES string of the molecule is O=C(c1ccccc1F)N1CCCC[C@H]1CCN1CCCCCC1. The van der Waals surface area contributed by atoms with Crippen LogP contribution in [-0.4, -0.2) is 47.9 Å². The monoisotopic (exact) mass is 332 g/mol. The smallest absolute Gasteiger partial charge is 0.257 e. The first kappa shape index (κ1) is 17.4. The zero-order valence-corrected chi connectivity index (χ0v) is 14.6. The maximum atomic E-state index is 14.0. The van der Waals surface area contributed by atoms with E-state index in [9.17, 15) is 9.18 Å². The van der Waals surface area contributed by atoms with Crippen LogP contribution < -0.4 is 0 Å². The minimum absolute atomic E-state index is 0.131. The predicted molar refractivity (Wildman–Crippen MR) is 94.6 cm³/mol. The molecule has 2 heterocycles. The first-order chi connectivity index (χ1) is 11.8. The Bertz CT molecular complexity index is 540. The number of likely N-dealkylation sites (tertiary alicyclic amines) is 2. The number of carbonyl (C=O) groups excluding carboxylic acids is 1. The number of nitrogens with zero attached hydrogens (tertiary/aromatic N) is 2. The van der Waals surface area contributed by atoms with Gasteiger partial charge >= 0.3 is 0 Å². The summed E-state index contributed by atoms with van der Waals surface area (Å²) in [5, 5.41) is 0. The number of piperidine rings is 1. The van der Waals surface area contributed by atoms with E-state index in [-0.39, 0.29) is 17.5 Å². The molecule has 0 aliphatic carbocycles. The molecular formula is C20H29FN2O. The summed E-state index contributed by atoms with van der Waals surface area (Å²) in [6.45, 7) is 4.20. The molecule has 2 aliphatic rings. The number of amides is 1. The number of halogens is 1. The zero-order valence-electron chi connectivity index (χ0n) is 14.6. The largest absolute Gasteiger partial charge is 0.336 e. The van der Waals surface area contributed by atoms with Crippen molar-refractivity contribution in [2.75, 3.05) is 26.2 Å². The molecule has 2 aliphatic heterocycles. The maximum Gasteiger partial charge on any atom is 0.257 e. The van der Waals surface area contributed by atoms with Crippen molar-refractivity contribution in [3.8, 4) is 0 Å². The summed E-state index contributed by atoms with van der Waals surface area (Å²) in [5.41, 5.74) is 0.221. The molecule has 0 bridgehead atoms. The van der Waals surface area contributed by atoms with Gasteiger partial charge in [0.2, 0.25) is 0 Å². The van der Waals surface area contributed by atoms with Crippen molar-refractivity contribution in [3.63, 3.8) is 0 Å². The van der Waals surface area contributed by atoms with Gasteiger partial charge in [0.25, 0.3) is 5.91 Å². The van der Waals surface area contributed by atoms with Gasteiger partial charge in [0.1, 0.15) is 5.82 Å². The Kier molecular flexibility index (Phi) is 6.24. The van der Waals surface area contributed by atoms with Gasteiger partial charge in [0.05, 0.1) is 5.56 Å². The van der Waals surface area contributed by atoms with Crippen molar-refractivity contribution in [3.05, 3.63) is 35.6 Å². The van der Waals surface area contributed by atoms with Crippen LogP contribution in [0.1, 0.15) is 61.7 Å². The van der Waals surface area contributed by atoms with Crippen LogP contribution in [0.4, 0.5) is 4.39 Å². The van der Waals surface area contributed by atoms with Gasteiger partial charge in [-0.1, -0.05) is 25.0 Å². The average Bonchev–Trinajstić information content (AvgIpc) is 2.89. The Labute approximate surface area is 144 Å². The number of hydrogen-bond donors (Lipinski definition) is 0. The standard InChI is InChI=1S/C20H29FN2O/c21-19-11-4-3-10-18(19)20(24)23-15-8-5-9-17(23)12-16-22-13-6-1-2-7-14-22/h3-4,10-11,17H,1-2,5-9,12-16H2/t17-/m0/s1. The first-order valence-electron chi connectivity index (χ1n) is 9.53. The van der Waals surface area contributed by atoms with Gasteiger partial charge in [-0.15, -0.1) is 0 Å². The third-order valence-electron chi connectivity index (χ3n) is 5.47. The molecule has 1 atom stereocenters. The molecule has 3 nitrogen and oxygen atoms in total. The van der Waals surface area contributed by atoms with Gasteiger partial charge in [0.15, 0.2) is 0 Å². The van der Waals surface area contributed by atoms with Crippen molar-refractivity contribution in [1.29, 1.82) is 0 Å². The summed E-state index contributed by atoms with van der Waals surface area (Å²) in [6, 6.07) is 6.63. The van der Waals surface area contributed by atoms with E-state index in [0.29, 0.717) is 0 Å². The number of benzene rings is 1. The van der Waals surface area contributed by atoms with E-state index in [1.807, 2.05) is 4.90 Å². The Morgan fingerprint density at radius 1 is 1.00 bits per heavy atom. The van der Waals surface area contributed by atoms with E-state index in [1.165, 1.54) is 51.3 Å². The second-order valence-corrected chi connectivity index (χ2v) is 7.17. The van der Waals surface area contributed by atoms with E-state index in [4.69, 9.17) is 0 Å². The Balaban J connectivity index is 1.62. The summed E-state index contributed by atoms with van der Waals surface area (Å²) >= 11 is 0. The third-order valence-corrected chi connectivity index (χ3v) is 5.47. The normalized spacial score (nSPS) is 23.0. The van der Waals surface area contributed by atoms with Gasteiger partial charge in [-0.2, -0.15) is 0 Å². The van der Waals surface area contributed by atoms with E-state index in [1.54, 1.807) is 18.2 Å². The minimum Gasteiger partial charge on any atom is -0.336 e. The molecule has 1 aromatic rings. The number of hydrogen-bond acceptors (Lipinski definition) is 2. The van der Waals surface area contributed by atoms with Crippen molar-refractivity contribution in [2.45, 2.75) is 57.4 Å².